The van der Waals surface area contributed by atoms with E-state index in [1.54, 1.807) is 18.0 Å². The molecule has 0 saturated carbocycles. The molecule has 5 heteroatoms. The minimum atomic E-state index is -0.571. The van der Waals surface area contributed by atoms with Crippen molar-refractivity contribution in [3.05, 3.63) is 29.6 Å². The number of ketones is 1. The van der Waals surface area contributed by atoms with Crippen LogP contribution in [0, 0.1) is 5.82 Å². The molecule has 110 valence electrons. The van der Waals surface area contributed by atoms with Gasteiger partial charge in [-0.2, -0.15) is 0 Å². The van der Waals surface area contributed by atoms with Crippen LogP contribution in [0.4, 0.5) is 10.1 Å². The maximum Gasteiger partial charge on any atom is 0.239 e. The van der Waals surface area contributed by atoms with Gasteiger partial charge in [0.15, 0.2) is 5.78 Å². The molecule has 0 aromatic heterocycles. The molecule has 0 fully saturated rings. The zero-order valence-corrected chi connectivity index (χ0v) is 12.6. The summed E-state index contributed by atoms with van der Waals surface area (Å²) in [6.07, 6.45) is 0. The zero-order chi connectivity index (χ0) is 15.5. The number of benzene rings is 1. The summed E-state index contributed by atoms with van der Waals surface area (Å²) in [7, 11) is 1.66. The molecule has 0 unspecified atom stereocenters. The minimum absolute atomic E-state index is 0.0126. The first kappa shape index (κ1) is 16.1. The second-order valence-electron chi connectivity index (χ2n) is 5.84. The van der Waals surface area contributed by atoms with E-state index in [9.17, 15) is 14.0 Å². The second kappa shape index (κ2) is 6.03. The van der Waals surface area contributed by atoms with Crippen LogP contribution < -0.4 is 10.2 Å². The number of amides is 1. The molecular formula is C15H21FN2O2. The number of nitrogens with one attached hydrogen (secondary N) is 1. The van der Waals surface area contributed by atoms with Gasteiger partial charge in [-0.3, -0.25) is 9.59 Å². The number of hydrogen-bond acceptors (Lipinski definition) is 3. The molecule has 1 aromatic carbocycles. The molecule has 1 amide bonds. The molecule has 20 heavy (non-hydrogen) atoms. The Kier molecular flexibility index (Phi) is 4.87. The SMILES string of the molecule is CC(=O)c1c(F)cccc1N(C)CC(=O)NC(C)(C)C. The number of carbonyl (C=O) groups is 2. The van der Waals surface area contributed by atoms with Crippen LogP contribution in [0.1, 0.15) is 38.1 Å². The molecule has 0 aliphatic rings. The average Bonchev–Trinajstić information content (AvgIpc) is 2.24. The molecule has 4 nitrogen and oxygen atoms in total. The van der Waals surface area contributed by atoms with E-state index >= 15 is 0 Å². The summed E-state index contributed by atoms with van der Waals surface area (Å²) < 4.78 is 13.7. The van der Waals surface area contributed by atoms with Gasteiger partial charge in [0.2, 0.25) is 5.91 Å². The lowest BCUT2D eigenvalue weighted by molar-refractivity contribution is -0.121. The van der Waals surface area contributed by atoms with E-state index in [4.69, 9.17) is 0 Å². The van der Waals surface area contributed by atoms with Crippen molar-refractivity contribution in [2.75, 3.05) is 18.5 Å². The van der Waals surface area contributed by atoms with Gasteiger partial charge in [0.1, 0.15) is 5.82 Å². The Morgan fingerprint density at radius 1 is 1.30 bits per heavy atom. The lowest BCUT2D eigenvalue weighted by atomic mass is 10.1. The minimum Gasteiger partial charge on any atom is -0.365 e. The third-order valence-electron chi connectivity index (χ3n) is 2.65. The van der Waals surface area contributed by atoms with Crippen molar-refractivity contribution in [1.82, 2.24) is 5.32 Å². The standard InChI is InChI=1S/C15H21FN2O2/c1-10(19)14-11(16)7-6-8-12(14)18(5)9-13(20)17-15(2,3)4/h6-8H,9H2,1-5H3,(H,17,20). The van der Waals surface area contributed by atoms with Crippen LogP contribution in [0.3, 0.4) is 0 Å². The average molecular weight is 280 g/mol. The molecular weight excluding hydrogens is 259 g/mol. The fourth-order valence-corrected chi connectivity index (χ4v) is 1.94. The maximum absolute atomic E-state index is 13.7. The molecule has 0 heterocycles. The van der Waals surface area contributed by atoms with Crippen LogP contribution >= 0.6 is 0 Å². The Bertz CT molecular complexity index is 521. The van der Waals surface area contributed by atoms with Crippen LogP contribution in [0.15, 0.2) is 18.2 Å². The molecule has 0 aliphatic carbocycles. The molecule has 0 saturated heterocycles. The fraction of sp³-hybridized carbons (Fsp3) is 0.467. The number of carbonyl (C=O) groups excluding carboxylic acids is 2. The third kappa shape index (κ3) is 4.33. The van der Waals surface area contributed by atoms with Crippen molar-refractivity contribution in [3.63, 3.8) is 0 Å². The van der Waals surface area contributed by atoms with Crippen molar-refractivity contribution >= 4 is 17.4 Å². The van der Waals surface area contributed by atoms with Gasteiger partial charge in [0.05, 0.1) is 17.8 Å². The predicted octanol–water partition coefficient (Wildman–Crippen LogP) is 2.38. The smallest absolute Gasteiger partial charge is 0.239 e. The Labute approximate surface area is 119 Å². The van der Waals surface area contributed by atoms with Crippen LogP contribution in [0.25, 0.3) is 0 Å². The van der Waals surface area contributed by atoms with E-state index in [1.807, 2.05) is 20.8 Å². The van der Waals surface area contributed by atoms with E-state index in [2.05, 4.69) is 5.32 Å². The first-order chi connectivity index (χ1) is 9.11. The number of rotatable bonds is 4. The largest absolute Gasteiger partial charge is 0.365 e. The van der Waals surface area contributed by atoms with Gasteiger partial charge in [0.25, 0.3) is 0 Å². The highest BCUT2D eigenvalue weighted by Crippen LogP contribution is 2.22. The van der Waals surface area contributed by atoms with Crippen molar-refractivity contribution in [3.8, 4) is 0 Å². The monoisotopic (exact) mass is 280 g/mol. The molecule has 0 radical (unpaired) electrons. The summed E-state index contributed by atoms with van der Waals surface area (Å²) in [5.74, 6) is -1.11. The van der Waals surface area contributed by atoms with Gasteiger partial charge in [-0.1, -0.05) is 6.07 Å². The Morgan fingerprint density at radius 3 is 2.40 bits per heavy atom. The van der Waals surface area contributed by atoms with E-state index in [1.165, 1.54) is 19.1 Å². The summed E-state index contributed by atoms with van der Waals surface area (Å²) in [5, 5.41) is 2.82. The highest BCUT2D eigenvalue weighted by atomic mass is 19.1. The van der Waals surface area contributed by atoms with Gasteiger partial charge in [-0.15, -0.1) is 0 Å². The van der Waals surface area contributed by atoms with Gasteiger partial charge >= 0.3 is 0 Å². The summed E-state index contributed by atoms with van der Waals surface area (Å²) >= 11 is 0. The highest BCUT2D eigenvalue weighted by molar-refractivity contribution is 6.00. The normalized spacial score (nSPS) is 11.1. The van der Waals surface area contributed by atoms with E-state index in [0.29, 0.717) is 5.69 Å². The summed E-state index contributed by atoms with van der Waals surface area (Å²) in [6, 6.07) is 4.39. The Hall–Kier alpha value is -1.91. The van der Waals surface area contributed by atoms with Crippen molar-refractivity contribution in [2.24, 2.45) is 0 Å². The van der Waals surface area contributed by atoms with Gasteiger partial charge in [-0.05, 0) is 39.8 Å². The van der Waals surface area contributed by atoms with Gasteiger partial charge < -0.3 is 10.2 Å². The second-order valence-corrected chi connectivity index (χ2v) is 5.84. The summed E-state index contributed by atoms with van der Waals surface area (Å²) in [4.78, 5) is 25.0. The molecule has 0 bridgehead atoms. The van der Waals surface area contributed by atoms with Gasteiger partial charge in [-0.25, -0.2) is 4.39 Å². The summed E-state index contributed by atoms with van der Waals surface area (Å²) in [5.41, 5.74) is 0.101. The lowest BCUT2D eigenvalue weighted by Gasteiger charge is -2.25. The van der Waals surface area contributed by atoms with Crippen LogP contribution in [0.5, 0.6) is 0 Å². The number of anilines is 1. The van der Waals surface area contributed by atoms with Crippen molar-refractivity contribution < 1.29 is 14.0 Å². The maximum atomic E-state index is 13.7. The predicted molar refractivity (Wildman–Crippen MR) is 77.6 cm³/mol. The van der Waals surface area contributed by atoms with Crippen molar-refractivity contribution in [2.45, 2.75) is 33.2 Å². The number of hydrogen-bond donors (Lipinski definition) is 1. The number of Topliss-reactive ketones (excluding diaryl/α,β-unsaturated/α-hetero) is 1. The number of halogens is 1. The van der Waals surface area contributed by atoms with E-state index in [0.717, 1.165) is 0 Å². The Balaban J connectivity index is 2.93. The lowest BCUT2D eigenvalue weighted by Crippen LogP contribution is -2.45. The van der Waals surface area contributed by atoms with Crippen LogP contribution in [-0.2, 0) is 4.79 Å². The first-order valence-corrected chi connectivity index (χ1v) is 6.43. The molecule has 0 atom stereocenters. The van der Waals surface area contributed by atoms with Crippen LogP contribution in [-0.4, -0.2) is 30.8 Å². The molecule has 0 spiro atoms. The van der Waals surface area contributed by atoms with Crippen LogP contribution in [0.2, 0.25) is 0 Å². The highest BCUT2D eigenvalue weighted by Gasteiger charge is 2.19. The molecule has 1 aromatic rings. The van der Waals surface area contributed by atoms with Gasteiger partial charge in [0, 0.05) is 12.6 Å². The molecule has 1 rings (SSSR count). The topological polar surface area (TPSA) is 49.4 Å². The molecule has 1 N–H and O–H groups in total. The Morgan fingerprint density at radius 2 is 1.90 bits per heavy atom. The zero-order valence-electron chi connectivity index (χ0n) is 12.6. The van der Waals surface area contributed by atoms with Crippen molar-refractivity contribution in [1.29, 1.82) is 0 Å². The first-order valence-electron chi connectivity index (χ1n) is 6.43. The quantitative estimate of drug-likeness (QED) is 0.861. The third-order valence-corrected chi connectivity index (χ3v) is 2.65. The fourth-order valence-electron chi connectivity index (χ4n) is 1.94. The van der Waals surface area contributed by atoms with E-state index < -0.39 is 5.82 Å². The molecule has 0 aliphatic heterocycles. The number of nitrogens with zero attached hydrogens (tertiary/aromatic N) is 1. The van der Waals surface area contributed by atoms with E-state index in [-0.39, 0.29) is 29.3 Å². The number of likely N-dealkylation sites (N-methyl/N-ethyl adjacent to an activating group) is 1. The summed E-state index contributed by atoms with van der Waals surface area (Å²) in [6.45, 7) is 7.02.